The third kappa shape index (κ3) is 2.13. The maximum absolute atomic E-state index is 6.21. The average Bonchev–Trinajstić information content (AvgIpc) is 2.57. The monoisotopic (exact) mass is 299 g/mol. The predicted molar refractivity (Wildman–Crippen MR) is 68.5 cm³/mol. The van der Waals surface area contributed by atoms with Crippen LogP contribution in [0.25, 0.3) is 5.69 Å². The molecule has 0 N–H and O–H groups in total. The topological polar surface area (TPSA) is 30.7 Å². The molecule has 0 aliphatic heterocycles. The van der Waals surface area contributed by atoms with E-state index in [1.54, 1.807) is 4.68 Å². The van der Waals surface area contributed by atoms with Gasteiger partial charge in [0.15, 0.2) is 0 Å². The molecule has 0 radical (unpaired) electrons. The van der Waals surface area contributed by atoms with Crippen LogP contribution in [0, 0.1) is 13.8 Å². The molecule has 0 spiro atoms. The summed E-state index contributed by atoms with van der Waals surface area (Å²) >= 11 is 9.61. The van der Waals surface area contributed by atoms with E-state index in [2.05, 4.69) is 26.0 Å². The second kappa shape index (κ2) is 4.55. The molecule has 16 heavy (non-hydrogen) atoms. The van der Waals surface area contributed by atoms with Crippen LogP contribution in [0.15, 0.2) is 18.2 Å². The first-order chi connectivity index (χ1) is 7.61. The van der Waals surface area contributed by atoms with Gasteiger partial charge in [-0.05, 0) is 31.5 Å². The van der Waals surface area contributed by atoms with Crippen LogP contribution in [-0.4, -0.2) is 14.8 Å². The van der Waals surface area contributed by atoms with Gasteiger partial charge in [-0.3, -0.25) is 0 Å². The second-order valence-electron chi connectivity index (χ2n) is 3.54. The molecule has 0 amide bonds. The van der Waals surface area contributed by atoms with Crippen molar-refractivity contribution in [2.75, 3.05) is 0 Å². The van der Waals surface area contributed by atoms with Crippen LogP contribution >= 0.6 is 27.5 Å². The smallest absolute Gasteiger partial charge is 0.148 e. The van der Waals surface area contributed by atoms with Crippen molar-refractivity contribution in [1.29, 1.82) is 0 Å². The zero-order valence-electron chi connectivity index (χ0n) is 9.04. The summed E-state index contributed by atoms with van der Waals surface area (Å²) in [5, 5.41) is 5.79. The molecule has 1 aromatic heterocycles. The summed E-state index contributed by atoms with van der Waals surface area (Å²) in [4.78, 5) is 4.26. The molecule has 0 fully saturated rings. The highest BCUT2D eigenvalue weighted by Crippen LogP contribution is 2.23. The normalized spacial score (nSPS) is 10.8. The van der Waals surface area contributed by atoms with Gasteiger partial charge < -0.3 is 0 Å². The fourth-order valence-electron chi connectivity index (χ4n) is 1.55. The van der Waals surface area contributed by atoms with Crippen LogP contribution in [0.1, 0.15) is 17.2 Å². The van der Waals surface area contributed by atoms with Gasteiger partial charge in [-0.25, -0.2) is 9.67 Å². The Balaban J connectivity index is 2.52. The van der Waals surface area contributed by atoms with Gasteiger partial charge in [0.2, 0.25) is 0 Å². The Morgan fingerprint density at radius 1 is 1.38 bits per heavy atom. The lowest BCUT2D eigenvalue weighted by Gasteiger charge is -2.06. The van der Waals surface area contributed by atoms with Crippen molar-refractivity contribution in [2.45, 2.75) is 19.2 Å². The molecule has 2 aromatic rings. The van der Waals surface area contributed by atoms with Gasteiger partial charge >= 0.3 is 0 Å². The molecule has 0 saturated heterocycles. The number of benzene rings is 1. The fraction of sp³-hybridized carbons (Fsp3) is 0.273. The maximum Gasteiger partial charge on any atom is 0.148 e. The van der Waals surface area contributed by atoms with Crippen molar-refractivity contribution in [3.8, 4) is 5.69 Å². The Morgan fingerprint density at radius 3 is 2.62 bits per heavy atom. The lowest BCUT2D eigenvalue weighted by molar-refractivity contribution is 0.831. The van der Waals surface area contributed by atoms with Crippen LogP contribution in [0.4, 0.5) is 0 Å². The van der Waals surface area contributed by atoms with E-state index in [-0.39, 0.29) is 0 Å². The number of aryl methyl sites for hydroxylation is 2. The number of hydrogen-bond acceptors (Lipinski definition) is 2. The SMILES string of the molecule is Cc1nc(C)n(-c2ccc(CBr)cc2Cl)n1. The Bertz CT molecular complexity index is 522. The van der Waals surface area contributed by atoms with E-state index >= 15 is 0 Å². The van der Waals surface area contributed by atoms with Crippen LogP contribution in [-0.2, 0) is 5.33 Å². The van der Waals surface area contributed by atoms with E-state index in [0.29, 0.717) is 5.02 Å². The number of nitrogens with zero attached hydrogens (tertiary/aromatic N) is 3. The standard InChI is InChI=1S/C11H11BrClN3/c1-7-14-8(2)16(15-7)11-4-3-9(6-12)5-10(11)13/h3-5H,6H2,1-2H3. The highest BCUT2D eigenvalue weighted by molar-refractivity contribution is 9.08. The van der Waals surface area contributed by atoms with Crippen LogP contribution in [0.3, 0.4) is 0 Å². The third-order valence-electron chi connectivity index (χ3n) is 2.27. The molecular formula is C11H11BrClN3. The molecule has 0 bridgehead atoms. The zero-order valence-corrected chi connectivity index (χ0v) is 11.4. The van der Waals surface area contributed by atoms with Crippen molar-refractivity contribution in [1.82, 2.24) is 14.8 Å². The number of rotatable bonds is 2. The summed E-state index contributed by atoms with van der Waals surface area (Å²) in [5.74, 6) is 1.59. The first-order valence-electron chi connectivity index (χ1n) is 4.87. The molecule has 0 aliphatic rings. The van der Waals surface area contributed by atoms with E-state index in [4.69, 9.17) is 11.6 Å². The summed E-state index contributed by atoms with van der Waals surface area (Å²) in [6.45, 7) is 3.78. The molecule has 3 nitrogen and oxygen atoms in total. The molecule has 2 rings (SSSR count). The lowest BCUT2D eigenvalue weighted by atomic mass is 10.2. The number of halogens is 2. The van der Waals surface area contributed by atoms with E-state index in [1.807, 2.05) is 32.0 Å². The van der Waals surface area contributed by atoms with Gasteiger partial charge in [0, 0.05) is 5.33 Å². The van der Waals surface area contributed by atoms with Crippen molar-refractivity contribution in [2.24, 2.45) is 0 Å². The zero-order chi connectivity index (χ0) is 11.7. The van der Waals surface area contributed by atoms with Crippen LogP contribution < -0.4 is 0 Å². The van der Waals surface area contributed by atoms with Gasteiger partial charge in [-0.2, -0.15) is 5.10 Å². The van der Waals surface area contributed by atoms with E-state index in [0.717, 1.165) is 28.2 Å². The second-order valence-corrected chi connectivity index (χ2v) is 4.51. The first kappa shape index (κ1) is 11.6. The maximum atomic E-state index is 6.21. The van der Waals surface area contributed by atoms with Gasteiger partial charge in [-0.15, -0.1) is 0 Å². The molecule has 5 heteroatoms. The minimum atomic E-state index is 0.685. The molecule has 0 aliphatic carbocycles. The minimum absolute atomic E-state index is 0.685. The van der Waals surface area contributed by atoms with Crippen molar-refractivity contribution in [3.63, 3.8) is 0 Å². The Hall–Kier alpha value is -0.870. The molecular weight excluding hydrogens is 289 g/mol. The van der Waals surface area contributed by atoms with E-state index in [1.165, 1.54) is 0 Å². The predicted octanol–water partition coefficient (Wildman–Crippen LogP) is 3.43. The average molecular weight is 301 g/mol. The summed E-state index contributed by atoms with van der Waals surface area (Å²) in [7, 11) is 0. The number of alkyl halides is 1. The highest BCUT2D eigenvalue weighted by atomic mass is 79.9. The molecule has 1 heterocycles. The van der Waals surface area contributed by atoms with Crippen LogP contribution in [0.5, 0.6) is 0 Å². The molecule has 1 aromatic carbocycles. The van der Waals surface area contributed by atoms with Crippen LogP contribution in [0.2, 0.25) is 5.02 Å². The molecule has 0 unspecified atom stereocenters. The van der Waals surface area contributed by atoms with Gasteiger partial charge in [0.25, 0.3) is 0 Å². The van der Waals surface area contributed by atoms with Crippen molar-refractivity contribution >= 4 is 27.5 Å². The first-order valence-corrected chi connectivity index (χ1v) is 6.37. The number of hydrogen-bond donors (Lipinski definition) is 0. The Morgan fingerprint density at radius 2 is 2.12 bits per heavy atom. The Labute approximate surface area is 108 Å². The molecule has 84 valence electrons. The highest BCUT2D eigenvalue weighted by Gasteiger charge is 2.09. The van der Waals surface area contributed by atoms with Gasteiger partial charge in [-0.1, -0.05) is 33.6 Å². The molecule has 0 saturated carbocycles. The fourth-order valence-corrected chi connectivity index (χ4v) is 2.19. The lowest BCUT2D eigenvalue weighted by Crippen LogP contribution is -2.00. The number of aromatic nitrogens is 3. The van der Waals surface area contributed by atoms with E-state index in [9.17, 15) is 0 Å². The van der Waals surface area contributed by atoms with Gasteiger partial charge in [0.1, 0.15) is 11.6 Å². The van der Waals surface area contributed by atoms with Crippen molar-refractivity contribution in [3.05, 3.63) is 40.4 Å². The van der Waals surface area contributed by atoms with Crippen molar-refractivity contribution < 1.29 is 0 Å². The summed E-state index contributed by atoms with van der Waals surface area (Å²) in [6.07, 6.45) is 0. The Kier molecular flexibility index (Phi) is 3.30. The molecule has 0 atom stereocenters. The minimum Gasteiger partial charge on any atom is -0.217 e. The quantitative estimate of drug-likeness (QED) is 0.796. The largest absolute Gasteiger partial charge is 0.217 e. The van der Waals surface area contributed by atoms with E-state index < -0.39 is 0 Å². The summed E-state index contributed by atoms with van der Waals surface area (Å²) in [5.41, 5.74) is 2.01. The third-order valence-corrected chi connectivity index (χ3v) is 3.22. The summed E-state index contributed by atoms with van der Waals surface area (Å²) in [6, 6.07) is 5.91. The van der Waals surface area contributed by atoms with Gasteiger partial charge in [0.05, 0.1) is 10.7 Å². The summed E-state index contributed by atoms with van der Waals surface area (Å²) < 4.78 is 1.76.